The van der Waals surface area contributed by atoms with Gasteiger partial charge in [-0.15, -0.1) is 0 Å². The molecular weight excluding hydrogens is 340 g/mol. The number of aromatic amines is 1. The topological polar surface area (TPSA) is 77.2 Å². The third kappa shape index (κ3) is 4.69. The molecule has 0 radical (unpaired) electrons. The lowest BCUT2D eigenvalue weighted by Gasteiger charge is -2.34. The summed E-state index contributed by atoms with van der Waals surface area (Å²) in [5.74, 6) is 0.289. The van der Waals surface area contributed by atoms with Crippen LogP contribution >= 0.6 is 0 Å². The molecule has 0 aliphatic carbocycles. The molecule has 3 rings (SSSR count). The van der Waals surface area contributed by atoms with Crippen molar-refractivity contribution in [1.82, 2.24) is 20.5 Å². The van der Waals surface area contributed by atoms with E-state index in [9.17, 15) is 9.59 Å². The van der Waals surface area contributed by atoms with Gasteiger partial charge in [-0.1, -0.05) is 18.2 Å². The number of carbonyl (C=O) groups is 2. The van der Waals surface area contributed by atoms with E-state index in [1.54, 1.807) is 0 Å². The highest BCUT2D eigenvalue weighted by molar-refractivity contribution is 5.84. The molecule has 0 spiro atoms. The van der Waals surface area contributed by atoms with Gasteiger partial charge in [0.15, 0.2) is 0 Å². The molecule has 2 aromatic rings. The number of para-hydroxylation sites is 1. The van der Waals surface area contributed by atoms with Gasteiger partial charge in [-0.05, 0) is 57.8 Å². The molecule has 0 bridgehead atoms. The number of amides is 2. The number of nitrogens with zero attached hydrogens (tertiary/aromatic N) is 1. The standard InChI is InChI=1S/C21H30N4O2/c1-3-22-21(27)16-9-12-25(13-10-16)15(2)20(26)23-11-8-17-14-24-19-7-5-4-6-18(17)19/h4-7,14-16,24H,3,8-13H2,1-2H3,(H,22,27)(H,23,26). The van der Waals surface area contributed by atoms with E-state index in [0.717, 1.165) is 37.9 Å². The van der Waals surface area contributed by atoms with Crippen LogP contribution in [0.2, 0.25) is 0 Å². The Bertz CT molecular complexity index is 777. The van der Waals surface area contributed by atoms with Crippen molar-refractivity contribution in [1.29, 1.82) is 0 Å². The van der Waals surface area contributed by atoms with Gasteiger partial charge >= 0.3 is 0 Å². The Morgan fingerprint density at radius 1 is 1.22 bits per heavy atom. The van der Waals surface area contributed by atoms with Gasteiger partial charge in [0.05, 0.1) is 6.04 Å². The number of carbonyl (C=O) groups excluding carboxylic acids is 2. The third-order valence-electron chi connectivity index (χ3n) is 5.55. The van der Waals surface area contributed by atoms with Crippen LogP contribution in [-0.2, 0) is 16.0 Å². The molecule has 2 amide bonds. The Morgan fingerprint density at radius 2 is 1.96 bits per heavy atom. The van der Waals surface area contributed by atoms with Crippen molar-refractivity contribution in [3.05, 3.63) is 36.0 Å². The van der Waals surface area contributed by atoms with E-state index < -0.39 is 0 Å². The number of aromatic nitrogens is 1. The molecule has 1 atom stereocenters. The summed E-state index contributed by atoms with van der Waals surface area (Å²) in [4.78, 5) is 29.9. The van der Waals surface area contributed by atoms with Crippen LogP contribution in [0.4, 0.5) is 0 Å². The molecular formula is C21H30N4O2. The molecule has 1 unspecified atom stereocenters. The zero-order chi connectivity index (χ0) is 19.2. The molecule has 0 saturated carbocycles. The highest BCUT2D eigenvalue weighted by Gasteiger charge is 2.29. The van der Waals surface area contributed by atoms with Crippen molar-refractivity contribution in [2.45, 2.75) is 39.2 Å². The van der Waals surface area contributed by atoms with Gasteiger partial charge in [-0.25, -0.2) is 0 Å². The smallest absolute Gasteiger partial charge is 0.237 e. The summed E-state index contributed by atoms with van der Waals surface area (Å²) < 4.78 is 0. The van der Waals surface area contributed by atoms with Crippen molar-refractivity contribution in [2.24, 2.45) is 5.92 Å². The third-order valence-corrected chi connectivity index (χ3v) is 5.55. The maximum atomic E-state index is 12.5. The summed E-state index contributed by atoms with van der Waals surface area (Å²) in [5.41, 5.74) is 2.35. The fourth-order valence-electron chi connectivity index (χ4n) is 3.84. The van der Waals surface area contributed by atoms with Gasteiger partial charge in [0.1, 0.15) is 0 Å². The minimum absolute atomic E-state index is 0.0614. The summed E-state index contributed by atoms with van der Waals surface area (Å²) in [7, 11) is 0. The zero-order valence-electron chi connectivity index (χ0n) is 16.3. The van der Waals surface area contributed by atoms with Gasteiger partial charge < -0.3 is 15.6 Å². The minimum atomic E-state index is -0.164. The van der Waals surface area contributed by atoms with E-state index in [-0.39, 0.29) is 23.8 Å². The molecule has 6 nitrogen and oxygen atoms in total. The average molecular weight is 370 g/mol. The van der Waals surface area contributed by atoms with E-state index in [2.05, 4.69) is 32.7 Å². The average Bonchev–Trinajstić information content (AvgIpc) is 3.11. The van der Waals surface area contributed by atoms with Crippen LogP contribution in [0, 0.1) is 5.92 Å². The number of benzene rings is 1. The molecule has 6 heteroatoms. The summed E-state index contributed by atoms with van der Waals surface area (Å²) in [6.07, 6.45) is 4.46. The molecule has 27 heavy (non-hydrogen) atoms. The first-order valence-electron chi connectivity index (χ1n) is 9.94. The van der Waals surface area contributed by atoms with Crippen LogP contribution in [0.15, 0.2) is 30.5 Å². The van der Waals surface area contributed by atoms with Crippen molar-refractivity contribution in [3.8, 4) is 0 Å². The highest BCUT2D eigenvalue weighted by Crippen LogP contribution is 2.20. The van der Waals surface area contributed by atoms with Crippen LogP contribution in [0.1, 0.15) is 32.3 Å². The predicted molar refractivity (Wildman–Crippen MR) is 107 cm³/mol. The molecule has 3 N–H and O–H groups in total. The second kappa shape index (κ2) is 9.04. The Balaban J connectivity index is 1.44. The fourth-order valence-corrected chi connectivity index (χ4v) is 3.84. The summed E-state index contributed by atoms with van der Waals surface area (Å²) in [5, 5.41) is 7.17. The molecule has 146 valence electrons. The van der Waals surface area contributed by atoms with Crippen LogP contribution < -0.4 is 10.6 Å². The summed E-state index contributed by atoms with van der Waals surface area (Å²) in [6, 6.07) is 8.04. The first-order valence-corrected chi connectivity index (χ1v) is 9.94. The van der Waals surface area contributed by atoms with Crippen LogP contribution in [0.3, 0.4) is 0 Å². The van der Waals surface area contributed by atoms with E-state index in [4.69, 9.17) is 0 Å². The first kappa shape index (κ1) is 19.4. The highest BCUT2D eigenvalue weighted by atomic mass is 16.2. The van der Waals surface area contributed by atoms with Crippen molar-refractivity contribution in [2.75, 3.05) is 26.2 Å². The SMILES string of the molecule is CCNC(=O)C1CCN(C(C)C(=O)NCCc2c[nH]c3ccccc23)CC1. The molecule has 1 aliphatic heterocycles. The lowest BCUT2D eigenvalue weighted by atomic mass is 9.95. The Kier molecular flexibility index (Phi) is 6.50. The molecule has 1 aromatic heterocycles. The predicted octanol–water partition coefficient (Wildman–Crippen LogP) is 2.06. The number of piperidine rings is 1. The maximum absolute atomic E-state index is 12.5. The summed E-state index contributed by atoms with van der Waals surface area (Å²) in [6.45, 7) is 6.77. The monoisotopic (exact) mass is 370 g/mol. The quantitative estimate of drug-likeness (QED) is 0.698. The second-order valence-electron chi connectivity index (χ2n) is 7.28. The number of hydrogen-bond acceptors (Lipinski definition) is 3. The first-order chi connectivity index (χ1) is 13.1. The Labute approximate surface area is 160 Å². The van der Waals surface area contributed by atoms with Gasteiger partial charge in [0.25, 0.3) is 0 Å². The van der Waals surface area contributed by atoms with Crippen LogP contribution in [0.25, 0.3) is 10.9 Å². The van der Waals surface area contributed by atoms with E-state index in [0.29, 0.717) is 13.1 Å². The van der Waals surface area contributed by atoms with Crippen LogP contribution in [-0.4, -0.2) is 53.9 Å². The van der Waals surface area contributed by atoms with Crippen molar-refractivity contribution >= 4 is 22.7 Å². The lowest BCUT2D eigenvalue weighted by Crippen LogP contribution is -2.50. The number of fused-ring (bicyclic) bond motifs is 1. The van der Waals surface area contributed by atoms with Gasteiger partial charge in [0.2, 0.25) is 11.8 Å². The fraction of sp³-hybridized carbons (Fsp3) is 0.524. The van der Waals surface area contributed by atoms with E-state index in [1.165, 1.54) is 10.9 Å². The van der Waals surface area contributed by atoms with Crippen molar-refractivity contribution in [3.63, 3.8) is 0 Å². The second-order valence-corrected chi connectivity index (χ2v) is 7.28. The van der Waals surface area contributed by atoms with E-state index in [1.807, 2.05) is 32.2 Å². The minimum Gasteiger partial charge on any atom is -0.361 e. The molecule has 1 aliphatic rings. The number of nitrogens with one attached hydrogen (secondary N) is 3. The Hall–Kier alpha value is -2.34. The maximum Gasteiger partial charge on any atom is 0.237 e. The number of H-pyrrole nitrogens is 1. The van der Waals surface area contributed by atoms with E-state index >= 15 is 0 Å². The number of rotatable bonds is 7. The van der Waals surface area contributed by atoms with Gasteiger partial charge in [-0.3, -0.25) is 14.5 Å². The zero-order valence-corrected chi connectivity index (χ0v) is 16.3. The number of hydrogen-bond donors (Lipinski definition) is 3. The largest absolute Gasteiger partial charge is 0.361 e. The molecule has 2 heterocycles. The normalized spacial score (nSPS) is 17.0. The van der Waals surface area contributed by atoms with Gasteiger partial charge in [0, 0.05) is 36.1 Å². The Morgan fingerprint density at radius 3 is 2.70 bits per heavy atom. The molecule has 1 aromatic carbocycles. The summed E-state index contributed by atoms with van der Waals surface area (Å²) >= 11 is 0. The molecule has 1 saturated heterocycles. The van der Waals surface area contributed by atoms with Crippen molar-refractivity contribution < 1.29 is 9.59 Å². The lowest BCUT2D eigenvalue weighted by molar-refractivity contribution is -0.128. The molecule has 1 fully saturated rings. The van der Waals surface area contributed by atoms with Gasteiger partial charge in [-0.2, -0.15) is 0 Å². The van der Waals surface area contributed by atoms with Crippen LogP contribution in [0.5, 0.6) is 0 Å². The number of likely N-dealkylation sites (tertiary alicyclic amines) is 1.